The Morgan fingerprint density at radius 2 is 2.20 bits per heavy atom. The van der Waals surface area contributed by atoms with Gasteiger partial charge in [0.1, 0.15) is 13.6 Å². The number of hydrogen-bond acceptors (Lipinski definition) is 1. The minimum absolute atomic E-state index is 1.14. The molecule has 1 nitrogen and oxygen atoms in total. The molecule has 0 amide bonds. The SMILES string of the molecule is CCC[NH+]C. The summed E-state index contributed by atoms with van der Waals surface area (Å²) >= 11 is 0. The molecule has 0 saturated carbocycles. The van der Waals surface area contributed by atoms with Crippen LogP contribution in [0, 0.1) is 0 Å². The average molecular weight is 73.1 g/mol. The smallest absolute Gasteiger partial charge is 0.120 e. The van der Waals surface area contributed by atoms with E-state index < -0.39 is 0 Å². The minimum Gasteiger partial charge on any atom is -0.185 e. The number of rotatable bonds is 2. The highest BCUT2D eigenvalue weighted by Gasteiger charge is 1.74. The van der Waals surface area contributed by atoms with E-state index in [1.54, 1.807) is 0 Å². The second kappa shape index (κ2) is 3.96. The zero-order chi connectivity index (χ0) is 4.12. The van der Waals surface area contributed by atoms with E-state index in [-0.39, 0.29) is 0 Å². The maximum absolute atomic E-state index is 3.02. The van der Waals surface area contributed by atoms with Gasteiger partial charge in [0, 0.05) is 0 Å². The quantitative estimate of drug-likeness (QED) is 0.448. The van der Waals surface area contributed by atoms with Gasteiger partial charge in [0.25, 0.3) is 0 Å². The van der Waals surface area contributed by atoms with Crippen molar-refractivity contribution in [3.05, 3.63) is 0 Å². The van der Waals surface area contributed by atoms with Crippen molar-refractivity contribution < 1.29 is 5.32 Å². The minimum atomic E-state index is 1.14. The Balaban J connectivity index is 2.19. The van der Waals surface area contributed by atoms with Gasteiger partial charge in [-0.25, -0.2) is 0 Å². The van der Waals surface area contributed by atoms with E-state index in [1.807, 2.05) is 7.05 Å². The van der Waals surface area contributed by atoms with Crippen molar-refractivity contribution in [2.45, 2.75) is 13.3 Å². The van der Waals surface area contributed by atoms with Crippen LogP contribution < -0.4 is 5.32 Å². The van der Waals surface area contributed by atoms with Gasteiger partial charge in [-0.05, 0) is 6.42 Å². The molecule has 0 unspecified atom stereocenters. The molecule has 5 heavy (non-hydrogen) atoms. The molecule has 0 aliphatic heterocycles. The van der Waals surface area contributed by atoms with E-state index >= 15 is 0 Å². The summed E-state index contributed by atoms with van der Waals surface area (Å²) in [5, 5.41) is 3.02. The van der Waals surface area contributed by atoms with Crippen molar-refractivity contribution >= 4 is 0 Å². The lowest BCUT2D eigenvalue weighted by atomic mass is 10.5. The fourth-order valence-electron chi connectivity index (χ4n) is 0.250. The van der Waals surface area contributed by atoms with Crippen LogP contribution in [0.5, 0.6) is 0 Å². The van der Waals surface area contributed by atoms with Crippen molar-refractivity contribution in [1.82, 2.24) is 0 Å². The molecule has 0 aromatic carbocycles. The van der Waals surface area contributed by atoms with Crippen LogP contribution in [-0.4, -0.2) is 13.6 Å². The molecule has 0 aliphatic rings. The van der Waals surface area contributed by atoms with Crippen LogP contribution >= 0.6 is 0 Å². The molecule has 0 spiro atoms. The maximum Gasteiger partial charge on any atom is 0.120 e. The Morgan fingerprint density at radius 3 is 2.20 bits per heavy atom. The molecule has 0 aromatic rings. The summed E-state index contributed by atoms with van der Waals surface area (Å²) in [4.78, 5) is 0. The lowest BCUT2D eigenvalue weighted by molar-refractivity contribution is -0.626. The van der Waals surface area contributed by atoms with E-state index in [2.05, 4.69) is 12.2 Å². The molecule has 1 N–H and O–H groups in total. The van der Waals surface area contributed by atoms with Gasteiger partial charge in [-0.15, -0.1) is 0 Å². The van der Waals surface area contributed by atoms with Gasteiger partial charge in [-0.3, -0.25) is 0 Å². The number of nitrogens with one attached hydrogen (secondary N) is 1. The Bertz CT molecular complexity index is 11.1. The summed E-state index contributed by atoms with van der Waals surface area (Å²) in [7, 11) is 1.96. The largest absolute Gasteiger partial charge is 0.185 e. The first kappa shape index (κ1) is 4.96. The molecule has 1 heteroatoms. The highest BCUT2D eigenvalue weighted by atomic mass is 14.8. The van der Waals surface area contributed by atoms with E-state index in [1.165, 1.54) is 6.42 Å². The molecule has 31 valence electrons. The molecule has 1 radical (unpaired) electrons. The molecule has 0 rings (SSSR count). The van der Waals surface area contributed by atoms with Crippen LogP contribution in [0.25, 0.3) is 0 Å². The Labute approximate surface area is 33.4 Å². The van der Waals surface area contributed by atoms with Crippen LogP contribution in [0.3, 0.4) is 0 Å². The summed E-state index contributed by atoms with van der Waals surface area (Å²) in [5.74, 6) is 0. The lowest BCUT2D eigenvalue weighted by Gasteiger charge is -1.74. The van der Waals surface area contributed by atoms with E-state index in [0.29, 0.717) is 0 Å². The first-order chi connectivity index (χ1) is 2.41. The summed E-state index contributed by atoms with van der Waals surface area (Å²) in [6.07, 6.45) is 1.23. The van der Waals surface area contributed by atoms with Crippen LogP contribution in [0.2, 0.25) is 0 Å². The Kier molecular flexibility index (Phi) is 3.93. The summed E-state index contributed by atoms with van der Waals surface area (Å²) in [6.45, 7) is 3.29. The third-order valence-corrected chi connectivity index (χ3v) is 0.500. The third-order valence-electron chi connectivity index (χ3n) is 0.500. The van der Waals surface area contributed by atoms with Crippen LogP contribution in [0.4, 0.5) is 0 Å². The fourth-order valence-corrected chi connectivity index (χ4v) is 0.250. The molecule has 0 heterocycles. The predicted octanol–water partition coefficient (Wildman–Crippen LogP) is -0.625. The molecule has 0 saturated heterocycles. The topological polar surface area (TPSA) is 15.6 Å². The highest BCUT2D eigenvalue weighted by molar-refractivity contribution is 4.09. The van der Waals surface area contributed by atoms with Gasteiger partial charge >= 0.3 is 0 Å². The van der Waals surface area contributed by atoms with Crippen molar-refractivity contribution in [2.24, 2.45) is 0 Å². The van der Waals surface area contributed by atoms with Crippen molar-refractivity contribution in [2.75, 3.05) is 13.6 Å². The van der Waals surface area contributed by atoms with E-state index in [4.69, 9.17) is 0 Å². The van der Waals surface area contributed by atoms with Gasteiger partial charge in [-0.2, -0.15) is 5.32 Å². The Morgan fingerprint density at radius 1 is 1.60 bits per heavy atom. The Hall–Kier alpha value is -0.0400. The van der Waals surface area contributed by atoms with Gasteiger partial charge in [0.2, 0.25) is 0 Å². The first-order valence-electron chi connectivity index (χ1n) is 2.06. The highest BCUT2D eigenvalue weighted by Crippen LogP contribution is 1.56. The van der Waals surface area contributed by atoms with E-state index in [0.717, 1.165) is 6.54 Å². The second-order valence-electron chi connectivity index (χ2n) is 1.10. The van der Waals surface area contributed by atoms with Gasteiger partial charge < -0.3 is 0 Å². The van der Waals surface area contributed by atoms with Crippen LogP contribution in [0.1, 0.15) is 13.3 Å². The van der Waals surface area contributed by atoms with Crippen molar-refractivity contribution in [3.63, 3.8) is 0 Å². The standard InChI is InChI=1S/C4H11N/c1-3-4-5-2/h5H,3-4H2,1-2H3/q+1. The normalized spacial score (nSPS) is 8.40. The predicted molar refractivity (Wildman–Crippen MR) is 22.0 cm³/mol. The molecule has 0 atom stereocenters. The lowest BCUT2D eigenvalue weighted by Crippen LogP contribution is -2.79. The molecule has 0 aromatic heterocycles. The summed E-state index contributed by atoms with van der Waals surface area (Å²) in [6, 6.07) is 0. The van der Waals surface area contributed by atoms with Gasteiger partial charge in [0.15, 0.2) is 0 Å². The fraction of sp³-hybridized carbons (Fsp3) is 1.00. The summed E-state index contributed by atoms with van der Waals surface area (Å²) in [5.41, 5.74) is 0. The zero-order valence-electron chi connectivity index (χ0n) is 3.91. The van der Waals surface area contributed by atoms with Crippen molar-refractivity contribution in [1.29, 1.82) is 0 Å². The van der Waals surface area contributed by atoms with E-state index in [9.17, 15) is 0 Å². The molecule has 0 bridgehead atoms. The van der Waals surface area contributed by atoms with Crippen molar-refractivity contribution in [3.8, 4) is 0 Å². The molecule has 0 fully saturated rings. The molecular formula is C4H11N+. The zero-order valence-corrected chi connectivity index (χ0v) is 3.91. The maximum atomic E-state index is 3.02. The second-order valence-corrected chi connectivity index (χ2v) is 1.10. The summed E-state index contributed by atoms with van der Waals surface area (Å²) < 4.78 is 0. The first-order valence-corrected chi connectivity index (χ1v) is 2.06. The molecular weight excluding hydrogens is 62.1 g/mol. The monoisotopic (exact) mass is 73.1 g/mol. The van der Waals surface area contributed by atoms with Crippen LogP contribution in [-0.2, 0) is 0 Å². The number of hydrogen-bond donors (Lipinski definition) is 1. The van der Waals surface area contributed by atoms with Gasteiger partial charge in [0.05, 0.1) is 0 Å². The van der Waals surface area contributed by atoms with Crippen LogP contribution in [0.15, 0.2) is 0 Å². The average Bonchev–Trinajstić information content (AvgIpc) is 1.41. The molecule has 0 aliphatic carbocycles. The third kappa shape index (κ3) is 3.96. The van der Waals surface area contributed by atoms with Gasteiger partial charge in [-0.1, -0.05) is 6.92 Å².